The molecule has 1 amide bonds. The summed E-state index contributed by atoms with van der Waals surface area (Å²) in [7, 11) is 0. The molecule has 5 nitrogen and oxygen atoms in total. The highest BCUT2D eigenvalue weighted by atomic mass is 35.5. The van der Waals surface area contributed by atoms with Gasteiger partial charge in [-0.2, -0.15) is 0 Å². The van der Waals surface area contributed by atoms with Crippen LogP contribution in [0.15, 0.2) is 24.5 Å². The summed E-state index contributed by atoms with van der Waals surface area (Å²) in [4.78, 5) is 23.4. The molecule has 0 aromatic carbocycles. The quantitative estimate of drug-likeness (QED) is 0.679. The lowest BCUT2D eigenvalue weighted by molar-refractivity contribution is 0.102. The maximum atomic E-state index is 11.9. The minimum Gasteiger partial charge on any atom is -0.306 e. The first kappa shape index (κ1) is 12.7. The Bertz CT molecular complexity index is 583. The Balaban J connectivity index is 2.21. The second-order valence-corrected chi connectivity index (χ2v) is 4.28. The third-order valence-corrected chi connectivity index (χ3v) is 2.41. The maximum Gasteiger partial charge on any atom is 0.258 e. The average molecular weight is 283 g/mol. The number of carbonyl (C=O) groups excluding carboxylic acids is 1. The first-order valence-corrected chi connectivity index (χ1v) is 5.73. The van der Waals surface area contributed by atoms with Crippen molar-refractivity contribution in [2.75, 3.05) is 5.32 Å². The van der Waals surface area contributed by atoms with Crippen molar-refractivity contribution in [1.82, 2.24) is 15.0 Å². The highest BCUT2D eigenvalue weighted by Crippen LogP contribution is 2.15. The molecule has 2 aromatic heterocycles. The van der Waals surface area contributed by atoms with Crippen LogP contribution in [-0.4, -0.2) is 20.9 Å². The zero-order valence-electron chi connectivity index (χ0n) is 9.32. The van der Waals surface area contributed by atoms with Crippen LogP contribution in [-0.2, 0) is 0 Å². The van der Waals surface area contributed by atoms with Crippen LogP contribution in [0.2, 0.25) is 10.4 Å². The van der Waals surface area contributed by atoms with Gasteiger partial charge in [-0.3, -0.25) is 9.78 Å². The first-order valence-electron chi connectivity index (χ1n) is 4.97. The number of carbonyl (C=O) groups is 1. The molecule has 0 spiro atoms. The molecule has 7 heteroatoms. The molecule has 2 aromatic rings. The molecule has 2 heterocycles. The number of nitrogens with one attached hydrogen (secondary N) is 1. The standard InChI is InChI=1S/C11H8Cl2N4O/c1-6-2-7(5-14-4-6)10(18)16-9-3-8(12)15-11(13)17-9/h2-5H,1H3,(H,15,16,17,18). The van der Waals surface area contributed by atoms with Gasteiger partial charge in [0.2, 0.25) is 5.28 Å². The van der Waals surface area contributed by atoms with Crippen LogP contribution in [0.25, 0.3) is 0 Å². The number of anilines is 1. The van der Waals surface area contributed by atoms with Crippen LogP contribution in [0, 0.1) is 6.92 Å². The number of rotatable bonds is 2. The van der Waals surface area contributed by atoms with Gasteiger partial charge >= 0.3 is 0 Å². The summed E-state index contributed by atoms with van der Waals surface area (Å²) in [6.07, 6.45) is 3.13. The number of hydrogen-bond donors (Lipinski definition) is 1. The van der Waals surface area contributed by atoms with Gasteiger partial charge in [-0.05, 0) is 30.2 Å². The van der Waals surface area contributed by atoms with Crippen molar-refractivity contribution in [3.63, 3.8) is 0 Å². The number of halogens is 2. The largest absolute Gasteiger partial charge is 0.306 e. The van der Waals surface area contributed by atoms with Crippen molar-refractivity contribution in [2.24, 2.45) is 0 Å². The third kappa shape index (κ3) is 3.15. The van der Waals surface area contributed by atoms with E-state index in [1.165, 1.54) is 12.3 Å². The van der Waals surface area contributed by atoms with Crippen molar-refractivity contribution >= 4 is 34.9 Å². The molecule has 0 aliphatic carbocycles. The molecule has 0 aliphatic heterocycles. The van der Waals surface area contributed by atoms with Crippen molar-refractivity contribution in [3.8, 4) is 0 Å². The Morgan fingerprint density at radius 2 is 2.00 bits per heavy atom. The minimum absolute atomic E-state index is 0.0276. The summed E-state index contributed by atoms with van der Waals surface area (Å²) in [6.45, 7) is 1.85. The lowest BCUT2D eigenvalue weighted by Crippen LogP contribution is -2.13. The predicted octanol–water partition coefficient (Wildman–Crippen LogP) is 2.74. The van der Waals surface area contributed by atoms with E-state index in [1.807, 2.05) is 6.92 Å². The number of aromatic nitrogens is 3. The highest BCUT2D eigenvalue weighted by Gasteiger charge is 2.09. The average Bonchev–Trinajstić information content (AvgIpc) is 2.27. The fourth-order valence-electron chi connectivity index (χ4n) is 1.32. The summed E-state index contributed by atoms with van der Waals surface area (Å²) < 4.78 is 0. The number of amides is 1. The lowest BCUT2D eigenvalue weighted by atomic mass is 10.2. The van der Waals surface area contributed by atoms with Gasteiger partial charge in [0.25, 0.3) is 5.91 Å². The van der Waals surface area contributed by atoms with E-state index in [2.05, 4.69) is 20.3 Å². The van der Waals surface area contributed by atoms with Crippen LogP contribution >= 0.6 is 23.2 Å². The molecule has 0 unspecified atom stereocenters. The van der Waals surface area contributed by atoms with Gasteiger partial charge in [-0.25, -0.2) is 9.97 Å². The monoisotopic (exact) mass is 282 g/mol. The topological polar surface area (TPSA) is 67.8 Å². The molecule has 2 rings (SSSR count). The number of aryl methyl sites for hydroxylation is 1. The van der Waals surface area contributed by atoms with Crippen molar-refractivity contribution < 1.29 is 4.79 Å². The molecule has 18 heavy (non-hydrogen) atoms. The number of hydrogen-bond acceptors (Lipinski definition) is 4. The fraction of sp³-hybridized carbons (Fsp3) is 0.0909. The molecule has 0 radical (unpaired) electrons. The zero-order valence-corrected chi connectivity index (χ0v) is 10.8. The lowest BCUT2D eigenvalue weighted by Gasteiger charge is -2.05. The molecule has 0 bridgehead atoms. The smallest absolute Gasteiger partial charge is 0.258 e. The van der Waals surface area contributed by atoms with Crippen LogP contribution in [0.5, 0.6) is 0 Å². The molecule has 0 atom stereocenters. The molecule has 1 N–H and O–H groups in total. The fourth-order valence-corrected chi connectivity index (χ4v) is 1.73. The van der Waals surface area contributed by atoms with Crippen LogP contribution < -0.4 is 5.32 Å². The molecule has 0 fully saturated rings. The Hall–Kier alpha value is -1.72. The normalized spacial score (nSPS) is 10.2. The Morgan fingerprint density at radius 3 is 2.67 bits per heavy atom. The van der Waals surface area contributed by atoms with Crippen molar-refractivity contribution in [3.05, 3.63) is 46.1 Å². The van der Waals surface area contributed by atoms with Gasteiger partial charge in [0.1, 0.15) is 11.0 Å². The van der Waals surface area contributed by atoms with E-state index in [0.29, 0.717) is 5.56 Å². The SMILES string of the molecule is Cc1cncc(C(=O)Nc2cc(Cl)nc(Cl)n2)c1. The van der Waals surface area contributed by atoms with Crippen molar-refractivity contribution in [2.45, 2.75) is 6.92 Å². The second kappa shape index (κ2) is 5.29. The summed E-state index contributed by atoms with van der Waals surface area (Å²) in [5.41, 5.74) is 1.32. The van der Waals surface area contributed by atoms with Crippen LogP contribution in [0.4, 0.5) is 5.82 Å². The van der Waals surface area contributed by atoms with E-state index in [-0.39, 0.29) is 22.2 Å². The van der Waals surface area contributed by atoms with E-state index in [0.717, 1.165) is 5.56 Å². The van der Waals surface area contributed by atoms with Gasteiger partial charge in [-0.1, -0.05) is 11.6 Å². The van der Waals surface area contributed by atoms with Gasteiger partial charge in [-0.15, -0.1) is 0 Å². The second-order valence-electron chi connectivity index (χ2n) is 3.55. The highest BCUT2D eigenvalue weighted by molar-refractivity contribution is 6.32. The van der Waals surface area contributed by atoms with Crippen LogP contribution in [0.3, 0.4) is 0 Å². The number of nitrogens with zero attached hydrogens (tertiary/aromatic N) is 3. The Morgan fingerprint density at radius 1 is 1.22 bits per heavy atom. The molecule has 0 saturated heterocycles. The molecule has 0 saturated carbocycles. The van der Waals surface area contributed by atoms with Crippen molar-refractivity contribution in [1.29, 1.82) is 0 Å². The molecule has 0 aliphatic rings. The van der Waals surface area contributed by atoms with E-state index in [1.54, 1.807) is 12.3 Å². The zero-order chi connectivity index (χ0) is 13.1. The Labute approximate surface area is 113 Å². The van der Waals surface area contributed by atoms with Gasteiger partial charge in [0, 0.05) is 18.5 Å². The van der Waals surface area contributed by atoms with Crippen LogP contribution in [0.1, 0.15) is 15.9 Å². The Kier molecular flexibility index (Phi) is 3.74. The number of pyridine rings is 1. The van der Waals surface area contributed by atoms with Gasteiger partial charge in [0.05, 0.1) is 5.56 Å². The maximum absolute atomic E-state index is 11.9. The van der Waals surface area contributed by atoms with Gasteiger partial charge < -0.3 is 5.32 Å². The molecular weight excluding hydrogens is 275 g/mol. The molecular formula is C11H8Cl2N4O. The summed E-state index contributed by atoms with van der Waals surface area (Å²) in [5.74, 6) is -0.0939. The predicted molar refractivity (Wildman–Crippen MR) is 69.0 cm³/mol. The summed E-state index contributed by atoms with van der Waals surface area (Å²) in [5, 5.41) is 2.70. The van der Waals surface area contributed by atoms with E-state index >= 15 is 0 Å². The van der Waals surface area contributed by atoms with E-state index in [9.17, 15) is 4.79 Å². The minimum atomic E-state index is -0.336. The summed E-state index contributed by atoms with van der Waals surface area (Å²) >= 11 is 11.3. The van der Waals surface area contributed by atoms with Gasteiger partial charge in [0.15, 0.2) is 0 Å². The van der Waals surface area contributed by atoms with E-state index in [4.69, 9.17) is 23.2 Å². The molecule has 92 valence electrons. The summed E-state index contributed by atoms with van der Waals surface area (Å²) in [6, 6.07) is 3.13. The third-order valence-electron chi connectivity index (χ3n) is 2.05. The van der Waals surface area contributed by atoms with E-state index < -0.39 is 0 Å². The first-order chi connectivity index (χ1) is 8.54.